The molecule has 3 aliphatic heterocycles. The van der Waals surface area contributed by atoms with Crippen molar-refractivity contribution in [2.75, 3.05) is 57.7 Å². The summed E-state index contributed by atoms with van der Waals surface area (Å²) in [6.45, 7) is 45.4. The van der Waals surface area contributed by atoms with Crippen LogP contribution in [-0.2, 0) is 91.9 Å². The van der Waals surface area contributed by atoms with Crippen LogP contribution in [0.5, 0.6) is 17.2 Å². The summed E-state index contributed by atoms with van der Waals surface area (Å²) >= 11 is 22.6. The van der Waals surface area contributed by atoms with Crippen LogP contribution in [0.2, 0.25) is 15.1 Å². The highest BCUT2D eigenvalue weighted by Crippen LogP contribution is 2.41. The van der Waals surface area contributed by atoms with E-state index in [1.807, 2.05) is 118 Å². The summed E-state index contributed by atoms with van der Waals surface area (Å²) in [5.74, 6) is 4.26. The van der Waals surface area contributed by atoms with Gasteiger partial charge in [0.1, 0.15) is 51.3 Å². The van der Waals surface area contributed by atoms with Gasteiger partial charge < -0.3 is 34.1 Å². The van der Waals surface area contributed by atoms with Crippen LogP contribution in [0.4, 0.5) is 0 Å². The number of likely N-dealkylation sites (tertiary alicyclic amines) is 2. The Balaban J connectivity index is 0.000000217. The number of nitrogens with zero attached hydrogens (tertiary/aromatic N) is 8. The molecule has 0 amide bonds. The van der Waals surface area contributed by atoms with Gasteiger partial charge in [-0.2, -0.15) is 0 Å². The van der Waals surface area contributed by atoms with E-state index >= 15 is 0 Å². The van der Waals surface area contributed by atoms with Gasteiger partial charge >= 0.3 is 17.9 Å². The number of esters is 2. The van der Waals surface area contributed by atoms with E-state index in [1.54, 1.807) is 103 Å². The third-order valence-electron chi connectivity index (χ3n) is 23.3. The molecular weight excluding hydrogens is 1900 g/mol. The first-order chi connectivity index (χ1) is 63.4. The van der Waals surface area contributed by atoms with Gasteiger partial charge in [-0.15, -0.1) is 0 Å². The smallest absolute Gasteiger partial charge is 0.320 e. The Morgan fingerprint density at radius 1 is 0.422 bits per heavy atom. The topological polar surface area (TPSA) is 316 Å². The lowest BCUT2D eigenvalue weighted by Crippen LogP contribution is -2.39. The zero-order valence-electron chi connectivity index (χ0n) is 82.1. The number of aryl methyl sites for hydroxylation is 3. The molecule has 0 saturated carbocycles. The number of aliphatic carboxylic acids is 1. The third-order valence-corrected chi connectivity index (χ3v) is 31.5. The van der Waals surface area contributed by atoms with Crippen molar-refractivity contribution < 1.29 is 68.4 Å². The fourth-order valence-corrected chi connectivity index (χ4v) is 21.2. The van der Waals surface area contributed by atoms with Crippen molar-refractivity contribution in [2.24, 2.45) is 0 Å². The second-order valence-electron chi connectivity index (χ2n) is 38.7. The zero-order valence-corrected chi connectivity index (χ0v) is 88.5. The number of hydrogen-bond acceptors (Lipinski definition) is 23. The monoisotopic (exact) mass is 2030 g/mol. The Morgan fingerprint density at radius 2 is 0.704 bits per heavy atom. The Bertz CT molecular complexity index is 5930. The van der Waals surface area contributed by atoms with Crippen LogP contribution in [0.15, 0.2) is 142 Å². The number of carboxylic acids is 1. The van der Waals surface area contributed by atoms with Crippen LogP contribution in [0.1, 0.15) is 282 Å². The molecule has 12 rings (SSSR count). The number of rotatable bonds is 32. The molecule has 3 aliphatic rings. The summed E-state index contributed by atoms with van der Waals surface area (Å²) in [4.78, 5) is 67.0. The normalized spacial score (nSPS) is 14.7. The SMILES string of the molecule is CC(C)(C)OC(=O)CBr.Cc1cc(Cc2ncc(Cl)c(Cc3ccccc3S(=O)(=O)C(C)C)n2)c(OC(C)C)cc1C1CCN(CC(=O)O)CC1.Cc1cc(Cc2ncc(Cl)c(Cc3ccccc3S(=O)(=O)C(C)C)n2)c(OC(C)C)cc1C1CCN(CC(=O)OC(C)(C)C)CC1.Cc1cc(Cc2ncc(Cl)c(Cc3ccccc3S(=O)(=O)C(C)C)n2)c(OC(C)C)cc1C1CCNCC1. The van der Waals surface area contributed by atoms with Crippen LogP contribution in [0.25, 0.3) is 0 Å². The molecule has 0 aliphatic carbocycles. The lowest BCUT2D eigenvalue weighted by molar-refractivity contribution is -0.156. The minimum atomic E-state index is -3.48. The molecule has 734 valence electrons. The molecule has 24 nitrogen and oxygen atoms in total. The van der Waals surface area contributed by atoms with E-state index in [1.165, 1.54) is 27.8 Å². The number of aromatic nitrogens is 6. The maximum atomic E-state index is 13.0. The fraction of sp³-hybridized carbons (Fsp3) is 0.510. The highest BCUT2D eigenvalue weighted by Gasteiger charge is 2.33. The van der Waals surface area contributed by atoms with Crippen molar-refractivity contribution >= 4 is 98.2 Å². The predicted octanol–water partition coefficient (Wildman–Crippen LogP) is 20.7. The van der Waals surface area contributed by atoms with E-state index in [4.69, 9.17) is 78.5 Å². The summed E-state index contributed by atoms with van der Waals surface area (Å²) < 4.78 is 107. The number of carbonyl (C=O) groups is 3. The summed E-state index contributed by atoms with van der Waals surface area (Å²) in [6.07, 6.45) is 12.9. The summed E-state index contributed by atoms with van der Waals surface area (Å²) in [5, 5.41) is 12.4. The summed E-state index contributed by atoms with van der Waals surface area (Å²) in [6, 6.07) is 34.1. The van der Waals surface area contributed by atoms with Crippen molar-refractivity contribution in [3.63, 3.8) is 0 Å². The number of ether oxygens (including phenoxy) is 5. The number of alkyl halides is 1. The second kappa shape index (κ2) is 49.3. The van der Waals surface area contributed by atoms with Crippen LogP contribution in [0.3, 0.4) is 0 Å². The van der Waals surface area contributed by atoms with Crippen molar-refractivity contribution in [3.05, 3.63) is 244 Å². The number of piperidine rings is 3. The molecule has 6 aromatic carbocycles. The maximum Gasteiger partial charge on any atom is 0.320 e. The largest absolute Gasteiger partial charge is 0.491 e. The van der Waals surface area contributed by atoms with Crippen molar-refractivity contribution in [2.45, 2.75) is 300 Å². The number of halogens is 4. The number of carbonyl (C=O) groups excluding carboxylic acids is 2. The van der Waals surface area contributed by atoms with Gasteiger partial charge in [0.2, 0.25) is 0 Å². The lowest BCUT2D eigenvalue weighted by Gasteiger charge is -2.33. The van der Waals surface area contributed by atoms with Crippen molar-refractivity contribution in [1.29, 1.82) is 0 Å². The predicted molar refractivity (Wildman–Crippen MR) is 540 cm³/mol. The van der Waals surface area contributed by atoms with Crippen LogP contribution >= 0.6 is 50.7 Å². The second-order valence-corrected chi connectivity index (χ2v) is 47.9. The highest BCUT2D eigenvalue weighted by molar-refractivity contribution is 9.09. The average Bonchev–Trinajstić information content (AvgIpc) is 0.800. The number of sulfone groups is 3. The van der Waals surface area contributed by atoms with Gasteiger partial charge in [0, 0.05) is 73.8 Å². The quantitative estimate of drug-likeness (QED) is 0.0292. The zero-order chi connectivity index (χ0) is 99.4. The standard InChI is InChI=1S/C36H48ClN3O5S.C32H40ClN3O5S.C30H38ClN3O3S.C6H11BrO2/c1-23(2)44-32-20-29(26-13-15-40(16-14-26)22-35(41)45-36(6,7)8)25(5)17-28(32)19-34-38-21-30(37)31(39-34)18-27-11-9-10-12-33(27)46(42,43)24(3)4;1-20(2)41-29-17-26(23-10-12-36(13-11-23)19-32(37)38)22(5)14-25(29)16-31-34-18-27(33)28(35-31)15-24-8-6-7-9-30(24)42(39,40)21(3)4;1-19(2)37-28-17-25(22-10-12-32-13-11-22)21(5)14-24(28)16-30-33-18-26(31)27(34-30)15-23-8-6-7-9-29(23)38(35,36)20(3)4;1-6(2,3)9-5(8)4-7/h9-12,17,20-21,23-24,26H,13-16,18-19,22H2,1-8H3;6-9,14,17-18,20-21,23H,10-13,15-16,19H2,1-5H3,(H,37,38);6-9,14,17-20,22,32H,10-13,15-16H2,1-5H3;4H2,1-3H3. The Kier molecular flexibility index (Phi) is 40.2. The van der Waals surface area contributed by atoms with Crippen molar-refractivity contribution in [3.8, 4) is 17.2 Å². The molecule has 3 saturated heterocycles. The molecular formula is C104H137BrCl3N9O15S3. The Labute approximate surface area is 824 Å². The molecule has 135 heavy (non-hydrogen) atoms. The Hall–Kier alpha value is -8.55. The first-order valence-electron chi connectivity index (χ1n) is 46.6. The highest BCUT2D eigenvalue weighted by atomic mass is 79.9. The molecule has 9 aromatic rings. The number of carboxylic acid groups (broad SMARTS) is 1. The van der Waals surface area contributed by atoms with Crippen LogP contribution in [-0.4, -0.2) is 191 Å². The first kappa shape index (κ1) is 110. The molecule has 3 fully saturated rings. The molecule has 0 atom stereocenters. The Morgan fingerprint density at radius 3 is 0.970 bits per heavy atom. The van der Waals surface area contributed by atoms with Gasteiger partial charge in [-0.05, 0) is 327 Å². The van der Waals surface area contributed by atoms with Gasteiger partial charge in [-0.1, -0.05) is 124 Å². The fourth-order valence-electron chi connectivity index (χ4n) is 16.7. The molecule has 2 N–H and O–H groups in total. The molecule has 0 spiro atoms. The van der Waals surface area contributed by atoms with Crippen molar-refractivity contribution in [1.82, 2.24) is 45.0 Å². The molecule has 0 radical (unpaired) electrons. The van der Waals surface area contributed by atoms with Gasteiger partial charge in [0.05, 0.1) is 94.0 Å². The minimum absolute atomic E-state index is 0.0221. The lowest BCUT2D eigenvalue weighted by atomic mass is 9.85. The number of nitrogens with one attached hydrogen (secondary N) is 1. The van der Waals surface area contributed by atoms with E-state index in [9.17, 15) is 39.6 Å². The maximum absolute atomic E-state index is 13.0. The number of hydrogen-bond donors (Lipinski definition) is 2. The van der Waals surface area contributed by atoms with E-state index in [0.29, 0.717) is 131 Å². The van der Waals surface area contributed by atoms with Crippen LogP contribution < -0.4 is 19.5 Å². The molecule has 3 aromatic heterocycles. The van der Waals surface area contributed by atoms with E-state index in [2.05, 4.69) is 98.3 Å². The summed E-state index contributed by atoms with van der Waals surface area (Å²) in [7, 11) is -10.4. The number of benzene rings is 6. The molecule has 31 heteroatoms. The van der Waals surface area contributed by atoms with Gasteiger partial charge in [-0.25, -0.2) is 55.2 Å². The van der Waals surface area contributed by atoms with Gasteiger partial charge in [0.25, 0.3) is 0 Å². The molecule has 0 unspecified atom stereocenters. The minimum Gasteiger partial charge on any atom is -0.491 e. The summed E-state index contributed by atoms with van der Waals surface area (Å²) in [5.41, 5.74) is 13.3. The van der Waals surface area contributed by atoms with Crippen LogP contribution in [0, 0.1) is 20.8 Å². The van der Waals surface area contributed by atoms with E-state index < -0.39 is 56.8 Å². The first-order valence-corrected chi connectivity index (χ1v) is 53.5. The molecule has 0 bridgehead atoms. The average molecular weight is 2040 g/mol. The van der Waals surface area contributed by atoms with Gasteiger partial charge in [-0.3, -0.25) is 24.2 Å². The third kappa shape index (κ3) is 32.3. The van der Waals surface area contributed by atoms with Gasteiger partial charge in [0.15, 0.2) is 29.5 Å². The molecule has 6 heterocycles. The van der Waals surface area contributed by atoms with E-state index in [-0.39, 0.29) is 60.6 Å². The van der Waals surface area contributed by atoms with E-state index in [0.717, 1.165) is 117 Å².